The molecule has 0 aliphatic carbocycles. The number of thioether (sulfide) groups is 1. The van der Waals surface area contributed by atoms with Gasteiger partial charge in [0.05, 0.1) is 11.9 Å². The second-order valence-corrected chi connectivity index (χ2v) is 10.2. The van der Waals surface area contributed by atoms with Gasteiger partial charge in [-0.25, -0.2) is 4.99 Å². The summed E-state index contributed by atoms with van der Waals surface area (Å²) in [5.41, 5.74) is 3.50. The van der Waals surface area contributed by atoms with Gasteiger partial charge >= 0.3 is 0 Å². The van der Waals surface area contributed by atoms with E-state index >= 15 is 0 Å². The molecule has 0 atom stereocenters. The number of hydrogen-bond acceptors (Lipinski definition) is 5. The smallest absolute Gasteiger partial charge is 0.188 e. The highest BCUT2D eigenvalue weighted by Crippen LogP contribution is 2.33. The maximum atomic E-state index is 9.23. The van der Waals surface area contributed by atoms with Crippen LogP contribution in [0.2, 0.25) is 0 Å². The van der Waals surface area contributed by atoms with E-state index in [0.717, 1.165) is 40.3 Å². The molecule has 1 aromatic heterocycles. The van der Waals surface area contributed by atoms with E-state index in [1.807, 2.05) is 19.1 Å². The molecule has 0 unspecified atom stereocenters. The SMILES string of the molecule is CCSc1cc(OC(C)(C)C#N)cnc1/C(C)=C(\C)CC/C=C(C)/C(Cl)=N/C=C\C(C)C. The average Bonchev–Trinajstić information content (AvgIpc) is 2.73. The Morgan fingerprint density at radius 1 is 1.34 bits per heavy atom. The van der Waals surface area contributed by atoms with Crippen molar-refractivity contribution in [3.8, 4) is 11.8 Å². The number of aliphatic imine (C=N–C) groups is 1. The first-order valence-corrected chi connectivity index (χ1v) is 12.3. The van der Waals surface area contributed by atoms with Crippen LogP contribution in [0.5, 0.6) is 5.75 Å². The Labute approximate surface area is 203 Å². The van der Waals surface area contributed by atoms with Gasteiger partial charge in [-0.05, 0) is 76.3 Å². The van der Waals surface area contributed by atoms with Gasteiger partial charge in [-0.2, -0.15) is 5.26 Å². The molecule has 0 spiro atoms. The molecule has 0 aromatic carbocycles. The minimum atomic E-state index is -0.891. The Balaban J connectivity index is 3.00. The van der Waals surface area contributed by atoms with E-state index in [2.05, 4.69) is 56.7 Å². The summed E-state index contributed by atoms with van der Waals surface area (Å²) in [6, 6.07) is 4.14. The van der Waals surface area contributed by atoms with Crippen LogP contribution in [0.4, 0.5) is 0 Å². The summed E-state index contributed by atoms with van der Waals surface area (Å²) in [7, 11) is 0. The number of nitrogens with zero attached hydrogens (tertiary/aromatic N) is 3. The lowest BCUT2D eigenvalue weighted by molar-refractivity contribution is 0.169. The van der Waals surface area contributed by atoms with E-state index in [0.29, 0.717) is 16.8 Å². The van der Waals surface area contributed by atoms with Gasteiger partial charge in [-0.1, -0.05) is 50.1 Å². The first-order valence-electron chi connectivity index (χ1n) is 11.0. The van der Waals surface area contributed by atoms with Crippen LogP contribution in [0.15, 0.2) is 51.6 Å². The molecule has 1 rings (SSSR count). The Bertz CT molecular complexity index is 937. The van der Waals surface area contributed by atoms with Gasteiger partial charge in [0.2, 0.25) is 0 Å². The van der Waals surface area contributed by atoms with E-state index in [9.17, 15) is 5.26 Å². The molecular weight excluding hydrogens is 438 g/mol. The third kappa shape index (κ3) is 9.63. The quantitative estimate of drug-likeness (QED) is 0.240. The highest BCUT2D eigenvalue weighted by molar-refractivity contribution is 7.99. The normalized spacial score (nSPS) is 14.0. The number of nitriles is 1. The third-order valence-corrected chi connectivity index (χ3v) is 6.03. The molecular formula is C26H36ClN3OS. The van der Waals surface area contributed by atoms with Crippen LogP contribution in [0.25, 0.3) is 5.57 Å². The summed E-state index contributed by atoms with van der Waals surface area (Å²) in [5.74, 6) is 1.99. The topological polar surface area (TPSA) is 58.3 Å². The fourth-order valence-electron chi connectivity index (χ4n) is 2.71. The molecule has 4 nitrogen and oxygen atoms in total. The maximum absolute atomic E-state index is 9.23. The van der Waals surface area contributed by atoms with Crippen molar-refractivity contribution in [2.45, 2.75) is 78.7 Å². The molecule has 0 fully saturated rings. The summed E-state index contributed by atoms with van der Waals surface area (Å²) in [6.07, 6.45) is 9.40. The number of aromatic nitrogens is 1. The van der Waals surface area contributed by atoms with Crippen molar-refractivity contribution in [2.24, 2.45) is 10.9 Å². The molecule has 32 heavy (non-hydrogen) atoms. The van der Waals surface area contributed by atoms with Crippen molar-refractivity contribution in [1.29, 1.82) is 5.26 Å². The average molecular weight is 474 g/mol. The molecule has 6 heteroatoms. The monoisotopic (exact) mass is 473 g/mol. The van der Waals surface area contributed by atoms with Gasteiger partial charge in [0.1, 0.15) is 17.0 Å². The van der Waals surface area contributed by atoms with Crippen LogP contribution in [-0.2, 0) is 0 Å². The molecule has 0 N–H and O–H groups in total. The van der Waals surface area contributed by atoms with E-state index in [1.54, 1.807) is 38.0 Å². The highest BCUT2D eigenvalue weighted by atomic mass is 35.5. The van der Waals surface area contributed by atoms with Crippen LogP contribution in [0.1, 0.15) is 73.9 Å². The van der Waals surface area contributed by atoms with Gasteiger partial charge < -0.3 is 4.74 Å². The minimum absolute atomic E-state index is 0.450. The van der Waals surface area contributed by atoms with Crippen molar-refractivity contribution in [2.75, 3.05) is 5.75 Å². The third-order valence-electron chi connectivity index (χ3n) is 4.72. The maximum Gasteiger partial charge on any atom is 0.188 e. The van der Waals surface area contributed by atoms with Crippen molar-refractivity contribution in [1.82, 2.24) is 4.98 Å². The fourth-order valence-corrected chi connectivity index (χ4v) is 3.69. The minimum Gasteiger partial charge on any atom is -0.471 e. The number of ether oxygens (including phenoxy) is 1. The van der Waals surface area contributed by atoms with Crippen molar-refractivity contribution >= 4 is 34.1 Å². The van der Waals surface area contributed by atoms with Crippen LogP contribution in [0.3, 0.4) is 0 Å². The molecule has 1 heterocycles. The summed E-state index contributed by atoms with van der Waals surface area (Å²) >= 11 is 8.02. The summed E-state index contributed by atoms with van der Waals surface area (Å²) in [6.45, 7) is 16.1. The van der Waals surface area contributed by atoms with E-state index < -0.39 is 5.60 Å². The van der Waals surface area contributed by atoms with Crippen LogP contribution in [-0.4, -0.2) is 21.5 Å². The lowest BCUT2D eigenvalue weighted by Crippen LogP contribution is -2.25. The summed E-state index contributed by atoms with van der Waals surface area (Å²) in [5, 5.41) is 9.76. The zero-order valence-corrected chi connectivity index (χ0v) is 22.2. The second kappa shape index (κ2) is 13.5. The summed E-state index contributed by atoms with van der Waals surface area (Å²) < 4.78 is 5.80. The second-order valence-electron chi connectivity index (χ2n) is 8.51. The lowest BCUT2D eigenvalue weighted by atomic mass is 10.0. The Morgan fingerprint density at radius 2 is 2.03 bits per heavy atom. The number of rotatable bonds is 11. The zero-order chi connectivity index (χ0) is 24.3. The van der Waals surface area contributed by atoms with Crippen molar-refractivity contribution in [3.63, 3.8) is 0 Å². The van der Waals surface area contributed by atoms with E-state index in [4.69, 9.17) is 16.3 Å². The standard InChI is InChI=1S/C26H36ClN3OS/c1-9-32-23-15-22(31-26(7,8)17-28)16-30-24(23)21(6)19(4)11-10-12-20(5)25(27)29-14-13-18(2)3/h12-16,18H,9-11H2,1-8H3/b14-13-,20-12+,21-19+,29-25-. The van der Waals surface area contributed by atoms with Crippen LogP contribution >= 0.6 is 23.4 Å². The van der Waals surface area contributed by atoms with Crippen LogP contribution in [0, 0.1) is 17.2 Å². The predicted molar refractivity (Wildman–Crippen MR) is 139 cm³/mol. The number of pyridine rings is 1. The zero-order valence-electron chi connectivity index (χ0n) is 20.6. The van der Waals surface area contributed by atoms with Crippen molar-refractivity contribution < 1.29 is 4.74 Å². The van der Waals surface area contributed by atoms with Gasteiger partial charge in [0.15, 0.2) is 5.60 Å². The highest BCUT2D eigenvalue weighted by Gasteiger charge is 2.20. The van der Waals surface area contributed by atoms with Crippen molar-refractivity contribution in [3.05, 3.63) is 47.5 Å². The van der Waals surface area contributed by atoms with E-state index in [-0.39, 0.29) is 0 Å². The molecule has 0 aliphatic heterocycles. The molecule has 174 valence electrons. The molecule has 0 radical (unpaired) electrons. The first-order chi connectivity index (χ1) is 15.0. The Hall–Kier alpha value is -2.03. The lowest BCUT2D eigenvalue weighted by Gasteiger charge is -2.19. The molecule has 0 saturated heterocycles. The van der Waals surface area contributed by atoms with Gasteiger partial charge in [0, 0.05) is 11.1 Å². The molecule has 1 aromatic rings. The fraction of sp³-hybridized carbons (Fsp3) is 0.500. The Morgan fingerprint density at radius 3 is 2.62 bits per heavy atom. The molecule has 0 amide bonds. The largest absolute Gasteiger partial charge is 0.471 e. The molecule has 0 bridgehead atoms. The van der Waals surface area contributed by atoms with Gasteiger partial charge in [-0.3, -0.25) is 4.98 Å². The number of hydrogen-bond donors (Lipinski definition) is 0. The number of allylic oxidation sites excluding steroid dienone is 5. The Kier molecular flexibility index (Phi) is 11.8. The van der Waals surface area contributed by atoms with Crippen LogP contribution < -0.4 is 4.74 Å². The number of halogens is 1. The predicted octanol–water partition coefficient (Wildman–Crippen LogP) is 8.20. The van der Waals surface area contributed by atoms with E-state index in [1.165, 1.54) is 5.57 Å². The molecule has 0 saturated carbocycles. The van der Waals surface area contributed by atoms with Gasteiger partial charge in [0.25, 0.3) is 0 Å². The summed E-state index contributed by atoms with van der Waals surface area (Å²) in [4.78, 5) is 10.0. The molecule has 0 aliphatic rings. The van der Waals surface area contributed by atoms with Gasteiger partial charge in [-0.15, -0.1) is 11.8 Å². The first kappa shape index (κ1) is 28.0.